The smallest absolute Gasteiger partial charge is 0.163 e. The van der Waals surface area contributed by atoms with Gasteiger partial charge in [-0.25, -0.2) is 0 Å². The third-order valence-electron chi connectivity index (χ3n) is 2.77. The molecule has 0 N–H and O–H groups in total. The summed E-state index contributed by atoms with van der Waals surface area (Å²) < 4.78 is 10.6. The van der Waals surface area contributed by atoms with Gasteiger partial charge in [-0.1, -0.05) is 19.1 Å². The van der Waals surface area contributed by atoms with Crippen LogP contribution in [0.25, 0.3) is 0 Å². The Bertz CT molecular complexity index is 385. The van der Waals surface area contributed by atoms with Gasteiger partial charge in [-0.3, -0.25) is 4.79 Å². The van der Waals surface area contributed by atoms with Gasteiger partial charge in [-0.05, 0) is 31.4 Å². The fourth-order valence-corrected chi connectivity index (χ4v) is 1.72. The Morgan fingerprint density at radius 2 is 2.06 bits per heavy atom. The number of aryl methyl sites for hydroxylation is 1. The van der Waals surface area contributed by atoms with E-state index >= 15 is 0 Å². The monoisotopic (exact) mass is 250 g/mol. The molecule has 0 aliphatic rings. The summed E-state index contributed by atoms with van der Waals surface area (Å²) >= 11 is 0. The maximum Gasteiger partial charge on any atom is 0.163 e. The molecule has 3 heteroatoms. The van der Waals surface area contributed by atoms with Crippen LogP contribution in [0.4, 0.5) is 0 Å². The maximum absolute atomic E-state index is 11.9. The fraction of sp³-hybridized carbons (Fsp3) is 0.533. The highest BCUT2D eigenvalue weighted by Crippen LogP contribution is 2.20. The quantitative estimate of drug-likeness (QED) is 0.524. The van der Waals surface area contributed by atoms with E-state index in [2.05, 4.69) is 6.92 Å². The van der Waals surface area contributed by atoms with E-state index in [1.807, 2.05) is 25.1 Å². The second-order valence-electron chi connectivity index (χ2n) is 4.32. The Morgan fingerprint density at radius 3 is 2.72 bits per heavy atom. The van der Waals surface area contributed by atoms with Crippen molar-refractivity contribution in [2.24, 2.45) is 0 Å². The molecular formula is C15H22O3. The molecule has 0 amide bonds. The van der Waals surface area contributed by atoms with Gasteiger partial charge in [0.05, 0.1) is 7.11 Å². The summed E-state index contributed by atoms with van der Waals surface area (Å²) in [5, 5.41) is 0. The van der Waals surface area contributed by atoms with Gasteiger partial charge in [0, 0.05) is 25.2 Å². The molecule has 0 bridgehead atoms. The van der Waals surface area contributed by atoms with Crippen LogP contribution in [0.15, 0.2) is 18.2 Å². The van der Waals surface area contributed by atoms with Crippen molar-refractivity contribution in [3.63, 3.8) is 0 Å². The number of hydrogen-bond donors (Lipinski definition) is 0. The van der Waals surface area contributed by atoms with Gasteiger partial charge in [0.15, 0.2) is 5.78 Å². The van der Waals surface area contributed by atoms with Crippen molar-refractivity contribution in [2.45, 2.75) is 33.1 Å². The molecule has 0 saturated carbocycles. The number of ketones is 1. The summed E-state index contributed by atoms with van der Waals surface area (Å²) in [7, 11) is 1.62. The molecule has 0 saturated heterocycles. The lowest BCUT2D eigenvalue weighted by atomic mass is 10.0. The molecule has 18 heavy (non-hydrogen) atoms. The molecule has 0 heterocycles. The zero-order valence-electron chi connectivity index (χ0n) is 11.5. The Hall–Kier alpha value is -1.35. The topological polar surface area (TPSA) is 35.5 Å². The number of rotatable bonds is 8. The van der Waals surface area contributed by atoms with Gasteiger partial charge in [0.25, 0.3) is 0 Å². The molecule has 0 spiro atoms. The van der Waals surface area contributed by atoms with Crippen molar-refractivity contribution in [1.82, 2.24) is 0 Å². The summed E-state index contributed by atoms with van der Waals surface area (Å²) in [5.74, 6) is 0.913. The lowest BCUT2D eigenvalue weighted by Gasteiger charge is -2.07. The minimum atomic E-state index is 0.147. The van der Waals surface area contributed by atoms with Crippen LogP contribution in [-0.2, 0) is 4.74 Å². The van der Waals surface area contributed by atoms with E-state index in [0.29, 0.717) is 18.6 Å². The fourth-order valence-electron chi connectivity index (χ4n) is 1.72. The van der Waals surface area contributed by atoms with Crippen LogP contribution in [0.1, 0.15) is 42.1 Å². The molecule has 0 unspecified atom stereocenters. The Labute approximate surface area is 109 Å². The van der Waals surface area contributed by atoms with Gasteiger partial charge >= 0.3 is 0 Å². The van der Waals surface area contributed by atoms with E-state index in [0.717, 1.165) is 30.8 Å². The molecule has 3 nitrogen and oxygen atoms in total. The third-order valence-corrected chi connectivity index (χ3v) is 2.77. The van der Waals surface area contributed by atoms with Crippen molar-refractivity contribution in [3.05, 3.63) is 29.3 Å². The zero-order chi connectivity index (χ0) is 13.4. The SMILES string of the molecule is CCCOCCCC(=O)c1ccc(C)c(OC)c1. The highest BCUT2D eigenvalue weighted by atomic mass is 16.5. The van der Waals surface area contributed by atoms with Crippen LogP contribution in [0.5, 0.6) is 5.75 Å². The van der Waals surface area contributed by atoms with Gasteiger partial charge < -0.3 is 9.47 Å². The molecule has 0 aromatic heterocycles. The van der Waals surface area contributed by atoms with E-state index in [1.54, 1.807) is 7.11 Å². The third kappa shape index (κ3) is 4.49. The number of benzene rings is 1. The first-order valence-electron chi connectivity index (χ1n) is 6.44. The Kier molecular flexibility index (Phi) is 6.44. The molecule has 0 aliphatic carbocycles. The predicted octanol–water partition coefficient (Wildman–Crippen LogP) is 3.39. The standard InChI is InChI=1S/C15H22O3/c1-4-9-18-10-5-6-14(16)13-8-7-12(2)15(11-13)17-3/h7-8,11H,4-6,9-10H2,1-3H3. The summed E-state index contributed by atoms with van der Waals surface area (Å²) in [6, 6.07) is 5.58. The molecule has 1 aromatic carbocycles. The maximum atomic E-state index is 11.9. The lowest BCUT2D eigenvalue weighted by Crippen LogP contribution is -2.03. The second kappa shape index (κ2) is 7.88. The summed E-state index contributed by atoms with van der Waals surface area (Å²) in [6.07, 6.45) is 2.31. The van der Waals surface area contributed by atoms with E-state index in [1.165, 1.54) is 0 Å². The van der Waals surface area contributed by atoms with Crippen molar-refractivity contribution < 1.29 is 14.3 Å². The molecule has 100 valence electrons. The first-order chi connectivity index (χ1) is 8.69. The van der Waals surface area contributed by atoms with Crippen LogP contribution >= 0.6 is 0 Å². The van der Waals surface area contributed by atoms with E-state index in [9.17, 15) is 4.79 Å². The van der Waals surface area contributed by atoms with Crippen LogP contribution in [0.2, 0.25) is 0 Å². The van der Waals surface area contributed by atoms with E-state index in [4.69, 9.17) is 9.47 Å². The minimum absolute atomic E-state index is 0.147. The number of ether oxygens (including phenoxy) is 2. The summed E-state index contributed by atoms with van der Waals surface area (Å²) in [5.41, 5.74) is 1.76. The average molecular weight is 250 g/mol. The number of carbonyl (C=O) groups is 1. The van der Waals surface area contributed by atoms with Gasteiger partial charge in [0.1, 0.15) is 5.75 Å². The van der Waals surface area contributed by atoms with Crippen LogP contribution in [0, 0.1) is 6.92 Å². The zero-order valence-corrected chi connectivity index (χ0v) is 11.5. The Morgan fingerprint density at radius 1 is 1.28 bits per heavy atom. The number of methoxy groups -OCH3 is 1. The molecule has 0 aliphatic heterocycles. The van der Waals surface area contributed by atoms with E-state index < -0.39 is 0 Å². The number of hydrogen-bond acceptors (Lipinski definition) is 3. The Balaban J connectivity index is 2.46. The van der Waals surface area contributed by atoms with Crippen molar-refractivity contribution in [3.8, 4) is 5.75 Å². The number of Topliss-reactive ketones (excluding diaryl/α,β-unsaturated/α-hetero) is 1. The first kappa shape index (κ1) is 14.7. The van der Waals surface area contributed by atoms with Gasteiger partial charge in [-0.15, -0.1) is 0 Å². The first-order valence-corrected chi connectivity index (χ1v) is 6.44. The number of carbonyl (C=O) groups excluding carboxylic acids is 1. The van der Waals surface area contributed by atoms with E-state index in [-0.39, 0.29) is 5.78 Å². The van der Waals surface area contributed by atoms with Crippen molar-refractivity contribution >= 4 is 5.78 Å². The van der Waals surface area contributed by atoms with Crippen molar-refractivity contribution in [1.29, 1.82) is 0 Å². The highest BCUT2D eigenvalue weighted by Gasteiger charge is 2.08. The average Bonchev–Trinajstić information content (AvgIpc) is 2.38. The molecule has 1 rings (SSSR count). The molecule has 0 radical (unpaired) electrons. The largest absolute Gasteiger partial charge is 0.496 e. The second-order valence-corrected chi connectivity index (χ2v) is 4.32. The van der Waals surface area contributed by atoms with Crippen LogP contribution in [0.3, 0.4) is 0 Å². The van der Waals surface area contributed by atoms with Crippen molar-refractivity contribution in [2.75, 3.05) is 20.3 Å². The minimum Gasteiger partial charge on any atom is -0.496 e. The molecule has 1 aromatic rings. The van der Waals surface area contributed by atoms with Crippen LogP contribution in [-0.4, -0.2) is 26.1 Å². The molecular weight excluding hydrogens is 228 g/mol. The van der Waals surface area contributed by atoms with Gasteiger partial charge in [-0.2, -0.15) is 0 Å². The molecule has 0 atom stereocenters. The summed E-state index contributed by atoms with van der Waals surface area (Å²) in [6.45, 7) is 5.46. The molecule has 0 fully saturated rings. The van der Waals surface area contributed by atoms with Gasteiger partial charge in [0.2, 0.25) is 0 Å². The lowest BCUT2D eigenvalue weighted by molar-refractivity contribution is 0.0938. The normalized spacial score (nSPS) is 10.4. The predicted molar refractivity (Wildman–Crippen MR) is 72.4 cm³/mol. The van der Waals surface area contributed by atoms with Crippen LogP contribution < -0.4 is 4.74 Å². The highest BCUT2D eigenvalue weighted by molar-refractivity contribution is 5.96. The summed E-state index contributed by atoms with van der Waals surface area (Å²) in [4.78, 5) is 11.9.